The highest BCUT2D eigenvalue weighted by molar-refractivity contribution is 5.76. The number of rotatable bonds is 30. The molecule has 0 aromatic rings. The SMILES string of the molecule is CCCCCCC/C=C\C/C=C\C/C=C\CCCCCCCCC(=O)NC(CO)C(O)/C=C/CCCCCCCC. The Hall–Kier alpha value is -1.65. The Morgan fingerprint density at radius 3 is 1.49 bits per heavy atom. The number of amides is 1. The van der Waals surface area contributed by atoms with E-state index in [2.05, 4.69) is 55.6 Å². The van der Waals surface area contributed by atoms with Gasteiger partial charge in [0.15, 0.2) is 0 Å². The van der Waals surface area contributed by atoms with Crippen LogP contribution in [-0.4, -0.2) is 34.9 Å². The van der Waals surface area contributed by atoms with Crippen molar-refractivity contribution in [2.45, 2.75) is 174 Å². The molecule has 0 saturated carbocycles. The number of aliphatic hydroxyl groups excluding tert-OH is 2. The van der Waals surface area contributed by atoms with E-state index in [1.165, 1.54) is 89.9 Å². The molecule has 0 saturated heterocycles. The Morgan fingerprint density at radius 2 is 1.00 bits per heavy atom. The summed E-state index contributed by atoms with van der Waals surface area (Å²) in [6.45, 7) is 4.23. The van der Waals surface area contributed by atoms with Crippen LogP contribution in [0.3, 0.4) is 0 Å². The summed E-state index contributed by atoms with van der Waals surface area (Å²) >= 11 is 0. The number of allylic oxidation sites excluding steroid dienone is 7. The van der Waals surface area contributed by atoms with Crippen molar-refractivity contribution in [3.05, 3.63) is 48.6 Å². The maximum Gasteiger partial charge on any atom is 0.220 e. The number of hydrogen-bond donors (Lipinski definition) is 3. The van der Waals surface area contributed by atoms with E-state index in [9.17, 15) is 15.0 Å². The van der Waals surface area contributed by atoms with Gasteiger partial charge in [0.05, 0.1) is 18.8 Å². The van der Waals surface area contributed by atoms with Crippen LogP contribution in [-0.2, 0) is 4.79 Å². The van der Waals surface area contributed by atoms with Crippen LogP contribution >= 0.6 is 0 Å². The maximum atomic E-state index is 12.2. The number of carbonyl (C=O) groups excluding carboxylic acids is 1. The van der Waals surface area contributed by atoms with Gasteiger partial charge >= 0.3 is 0 Å². The topological polar surface area (TPSA) is 69.6 Å². The predicted octanol–water partition coefficient (Wildman–Crippen LogP) is 10.1. The van der Waals surface area contributed by atoms with Gasteiger partial charge in [-0.25, -0.2) is 0 Å². The van der Waals surface area contributed by atoms with Crippen LogP contribution in [0.4, 0.5) is 0 Å². The second kappa shape index (κ2) is 32.9. The monoisotopic (exact) mass is 574 g/mol. The van der Waals surface area contributed by atoms with Gasteiger partial charge in [-0.1, -0.05) is 146 Å². The number of hydrogen-bond acceptors (Lipinski definition) is 3. The molecule has 0 spiro atoms. The van der Waals surface area contributed by atoms with Crippen molar-refractivity contribution in [2.24, 2.45) is 0 Å². The molecule has 0 aliphatic rings. The number of carbonyl (C=O) groups is 1. The van der Waals surface area contributed by atoms with E-state index in [-0.39, 0.29) is 12.5 Å². The molecule has 2 atom stereocenters. The molecule has 0 radical (unpaired) electrons. The Labute approximate surface area is 254 Å². The minimum absolute atomic E-state index is 0.0829. The van der Waals surface area contributed by atoms with Gasteiger partial charge in [0.2, 0.25) is 5.91 Å². The normalized spacial score (nSPS) is 13.8. The standard InChI is InChI=1S/C37H67NO3/c1-3-5-7-9-11-13-14-15-16-17-18-19-20-21-22-23-24-25-27-29-31-33-37(41)38-35(34-39)36(40)32-30-28-26-12-10-8-6-4-2/h14-15,17-18,20-21,30,32,35-36,39-40H,3-13,16,19,22-29,31,33-34H2,1-2H3,(H,38,41)/b15-14-,18-17-,21-20-,32-30+. The van der Waals surface area contributed by atoms with E-state index in [1.54, 1.807) is 6.08 Å². The van der Waals surface area contributed by atoms with Crippen LogP contribution in [0.15, 0.2) is 48.6 Å². The Morgan fingerprint density at radius 1 is 0.585 bits per heavy atom. The van der Waals surface area contributed by atoms with E-state index < -0.39 is 12.1 Å². The lowest BCUT2D eigenvalue weighted by Gasteiger charge is -2.20. The first-order valence-electron chi connectivity index (χ1n) is 17.4. The van der Waals surface area contributed by atoms with Crippen molar-refractivity contribution < 1.29 is 15.0 Å². The van der Waals surface area contributed by atoms with E-state index in [1.807, 2.05) is 6.08 Å². The van der Waals surface area contributed by atoms with Crippen molar-refractivity contribution in [1.82, 2.24) is 5.32 Å². The van der Waals surface area contributed by atoms with Crippen molar-refractivity contribution >= 4 is 5.91 Å². The second-order valence-electron chi connectivity index (χ2n) is 11.6. The highest BCUT2D eigenvalue weighted by Crippen LogP contribution is 2.11. The highest BCUT2D eigenvalue weighted by Gasteiger charge is 2.17. The molecule has 0 rings (SSSR count). The lowest BCUT2D eigenvalue weighted by Crippen LogP contribution is -2.45. The smallest absolute Gasteiger partial charge is 0.220 e. The highest BCUT2D eigenvalue weighted by atomic mass is 16.3. The molecule has 0 fully saturated rings. The van der Waals surface area contributed by atoms with Crippen LogP contribution in [0, 0.1) is 0 Å². The molecule has 4 nitrogen and oxygen atoms in total. The van der Waals surface area contributed by atoms with Crippen molar-refractivity contribution in [3.63, 3.8) is 0 Å². The molecule has 0 aliphatic heterocycles. The van der Waals surface area contributed by atoms with Gasteiger partial charge in [0.1, 0.15) is 0 Å². The van der Waals surface area contributed by atoms with Crippen LogP contribution in [0.1, 0.15) is 162 Å². The van der Waals surface area contributed by atoms with E-state index >= 15 is 0 Å². The molecule has 41 heavy (non-hydrogen) atoms. The van der Waals surface area contributed by atoms with E-state index in [4.69, 9.17) is 0 Å². The maximum absolute atomic E-state index is 12.2. The molecule has 2 unspecified atom stereocenters. The molecule has 0 aromatic carbocycles. The molecule has 0 heterocycles. The minimum Gasteiger partial charge on any atom is -0.394 e. The lowest BCUT2D eigenvalue weighted by atomic mass is 10.1. The van der Waals surface area contributed by atoms with Crippen LogP contribution in [0.2, 0.25) is 0 Å². The summed E-state index contributed by atoms with van der Waals surface area (Å²) in [6, 6.07) is -0.626. The van der Waals surface area contributed by atoms with Crippen molar-refractivity contribution in [2.75, 3.05) is 6.61 Å². The van der Waals surface area contributed by atoms with Gasteiger partial charge in [0.25, 0.3) is 0 Å². The van der Waals surface area contributed by atoms with E-state index in [0.29, 0.717) is 6.42 Å². The molecule has 238 valence electrons. The first-order chi connectivity index (χ1) is 20.2. The van der Waals surface area contributed by atoms with Crippen molar-refractivity contribution in [3.8, 4) is 0 Å². The van der Waals surface area contributed by atoms with Gasteiger partial charge in [-0.3, -0.25) is 4.79 Å². The summed E-state index contributed by atoms with van der Waals surface area (Å²) in [5, 5.41) is 22.7. The third-order valence-electron chi connectivity index (χ3n) is 7.56. The quantitative estimate of drug-likeness (QED) is 0.0591. The van der Waals surface area contributed by atoms with Gasteiger partial charge in [-0.05, 0) is 57.8 Å². The zero-order valence-corrected chi connectivity index (χ0v) is 27.0. The summed E-state index contributed by atoms with van der Waals surface area (Å²) in [5.74, 6) is -0.0829. The summed E-state index contributed by atoms with van der Waals surface area (Å²) in [6.07, 6.45) is 43.4. The number of unbranched alkanes of at least 4 members (excludes halogenated alkanes) is 17. The molecule has 4 heteroatoms. The fourth-order valence-electron chi connectivity index (χ4n) is 4.83. The molecular formula is C37H67NO3. The molecule has 0 aliphatic carbocycles. The molecule has 3 N–H and O–H groups in total. The fourth-order valence-corrected chi connectivity index (χ4v) is 4.83. The van der Waals surface area contributed by atoms with E-state index in [0.717, 1.165) is 51.4 Å². The Balaban J connectivity index is 3.65. The predicted molar refractivity (Wildman–Crippen MR) is 179 cm³/mol. The van der Waals surface area contributed by atoms with Gasteiger partial charge < -0.3 is 15.5 Å². The fraction of sp³-hybridized carbons (Fsp3) is 0.757. The van der Waals surface area contributed by atoms with Gasteiger partial charge in [0, 0.05) is 6.42 Å². The third kappa shape index (κ3) is 29.6. The third-order valence-corrected chi connectivity index (χ3v) is 7.56. The summed E-state index contributed by atoms with van der Waals surface area (Å²) in [4.78, 5) is 12.2. The largest absolute Gasteiger partial charge is 0.394 e. The molecule has 0 aromatic heterocycles. The zero-order valence-electron chi connectivity index (χ0n) is 27.0. The molecular weight excluding hydrogens is 506 g/mol. The summed E-state index contributed by atoms with van der Waals surface area (Å²) in [5.41, 5.74) is 0. The average molecular weight is 574 g/mol. The first kappa shape index (κ1) is 39.4. The van der Waals surface area contributed by atoms with Crippen molar-refractivity contribution in [1.29, 1.82) is 0 Å². The lowest BCUT2D eigenvalue weighted by molar-refractivity contribution is -0.123. The van der Waals surface area contributed by atoms with Crippen LogP contribution < -0.4 is 5.32 Å². The second-order valence-corrected chi connectivity index (χ2v) is 11.6. The van der Waals surface area contributed by atoms with Gasteiger partial charge in [-0.15, -0.1) is 0 Å². The van der Waals surface area contributed by atoms with Crippen LogP contribution in [0.5, 0.6) is 0 Å². The number of aliphatic hydroxyl groups is 2. The first-order valence-corrected chi connectivity index (χ1v) is 17.4. The average Bonchev–Trinajstić information content (AvgIpc) is 2.97. The molecule has 1 amide bonds. The zero-order chi connectivity index (χ0) is 30.1. The minimum atomic E-state index is -0.842. The summed E-state index contributed by atoms with van der Waals surface area (Å²) in [7, 11) is 0. The summed E-state index contributed by atoms with van der Waals surface area (Å²) < 4.78 is 0. The Kier molecular flexibility index (Phi) is 31.5. The van der Waals surface area contributed by atoms with Gasteiger partial charge in [-0.2, -0.15) is 0 Å². The molecule has 0 bridgehead atoms. The van der Waals surface area contributed by atoms with Crippen LogP contribution in [0.25, 0.3) is 0 Å². The number of nitrogens with one attached hydrogen (secondary N) is 1. The Bertz CT molecular complexity index is 667.